The highest BCUT2D eigenvalue weighted by molar-refractivity contribution is 7.21. The van der Waals surface area contributed by atoms with Crippen LogP contribution in [0.3, 0.4) is 0 Å². The van der Waals surface area contributed by atoms with Crippen molar-refractivity contribution in [2.45, 2.75) is 6.92 Å². The zero-order chi connectivity index (χ0) is 14.1. The Bertz CT molecular complexity index is 834. The standard InChI is InChI=1S/C14H10N2O2S2/c1-8-2-4-9(5-3-8)12(17)16-14-15-10-6-7-19-11(10)13(18)20-14/h2-7H,1H3,(H,15,16,17). The normalized spacial score (nSPS) is 10.7. The molecule has 0 unspecified atom stereocenters. The molecule has 0 saturated heterocycles. The van der Waals surface area contributed by atoms with Crippen LogP contribution in [0.25, 0.3) is 10.2 Å². The Morgan fingerprint density at radius 3 is 2.70 bits per heavy atom. The summed E-state index contributed by atoms with van der Waals surface area (Å²) in [6.45, 7) is 1.96. The van der Waals surface area contributed by atoms with E-state index in [-0.39, 0.29) is 10.6 Å². The van der Waals surface area contributed by atoms with E-state index < -0.39 is 0 Å². The predicted octanol–water partition coefficient (Wildman–Crippen LogP) is 3.28. The Morgan fingerprint density at radius 1 is 1.20 bits per heavy atom. The van der Waals surface area contributed by atoms with Crippen molar-refractivity contribution in [3.63, 3.8) is 0 Å². The van der Waals surface area contributed by atoms with Gasteiger partial charge < -0.3 is 0 Å². The zero-order valence-electron chi connectivity index (χ0n) is 10.5. The van der Waals surface area contributed by atoms with Gasteiger partial charge in [-0.3, -0.25) is 14.9 Å². The van der Waals surface area contributed by atoms with Gasteiger partial charge in [0, 0.05) is 5.56 Å². The monoisotopic (exact) mass is 302 g/mol. The Balaban J connectivity index is 1.90. The molecule has 0 fully saturated rings. The minimum atomic E-state index is -0.261. The van der Waals surface area contributed by atoms with Gasteiger partial charge in [-0.15, -0.1) is 11.3 Å². The average Bonchev–Trinajstić information content (AvgIpc) is 2.88. The van der Waals surface area contributed by atoms with Gasteiger partial charge in [0.05, 0.1) is 5.52 Å². The van der Waals surface area contributed by atoms with Gasteiger partial charge in [-0.05, 0) is 30.5 Å². The number of hydrogen-bond donors (Lipinski definition) is 1. The number of fused-ring (bicyclic) bond motifs is 1. The van der Waals surface area contributed by atoms with E-state index in [1.54, 1.807) is 18.2 Å². The van der Waals surface area contributed by atoms with Crippen molar-refractivity contribution in [3.8, 4) is 0 Å². The molecule has 0 aliphatic carbocycles. The molecule has 4 nitrogen and oxygen atoms in total. The number of thiophene rings is 1. The van der Waals surface area contributed by atoms with E-state index in [9.17, 15) is 9.59 Å². The van der Waals surface area contributed by atoms with E-state index in [1.807, 2.05) is 24.4 Å². The van der Waals surface area contributed by atoms with Gasteiger partial charge in [-0.25, -0.2) is 4.98 Å². The Labute approximate surface area is 122 Å². The minimum absolute atomic E-state index is 0.0794. The first-order valence-corrected chi connectivity index (χ1v) is 7.59. The van der Waals surface area contributed by atoms with Crippen LogP contribution in [-0.4, -0.2) is 10.9 Å². The van der Waals surface area contributed by atoms with Crippen molar-refractivity contribution >= 4 is 43.9 Å². The van der Waals surface area contributed by atoms with Gasteiger partial charge in [-0.1, -0.05) is 29.0 Å². The minimum Gasteiger partial charge on any atom is -0.298 e. The number of nitrogens with one attached hydrogen (secondary N) is 1. The van der Waals surface area contributed by atoms with Gasteiger partial charge >= 0.3 is 0 Å². The molecule has 1 amide bonds. The summed E-state index contributed by atoms with van der Waals surface area (Å²) in [6.07, 6.45) is 0. The summed E-state index contributed by atoms with van der Waals surface area (Å²) in [5.41, 5.74) is 2.25. The lowest BCUT2D eigenvalue weighted by atomic mass is 10.1. The molecule has 0 saturated carbocycles. The molecular weight excluding hydrogens is 292 g/mol. The molecular formula is C14H10N2O2S2. The number of amides is 1. The van der Waals surface area contributed by atoms with Crippen LogP contribution in [0.2, 0.25) is 0 Å². The second kappa shape index (κ2) is 5.15. The fraction of sp³-hybridized carbons (Fsp3) is 0.0714. The summed E-state index contributed by atoms with van der Waals surface area (Å²) in [5.74, 6) is -0.261. The smallest absolute Gasteiger partial charge is 0.257 e. The fourth-order valence-corrected chi connectivity index (χ4v) is 3.33. The van der Waals surface area contributed by atoms with Crippen molar-refractivity contribution in [2.24, 2.45) is 0 Å². The first-order valence-electron chi connectivity index (χ1n) is 5.90. The predicted molar refractivity (Wildman–Crippen MR) is 82.9 cm³/mol. The highest BCUT2D eigenvalue weighted by atomic mass is 32.1. The Morgan fingerprint density at radius 2 is 1.95 bits per heavy atom. The number of anilines is 1. The van der Waals surface area contributed by atoms with Gasteiger partial charge in [0.15, 0.2) is 5.13 Å². The van der Waals surface area contributed by atoms with Gasteiger partial charge in [0.1, 0.15) is 4.70 Å². The molecule has 100 valence electrons. The third kappa shape index (κ3) is 2.48. The maximum Gasteiger partial charge on any atom is 0.257 e. The van der Waals surface area contributed by atoms with Crippen LogP contribution < -0.4 is 10.1 Å². The van der Waals surface area contributed by atoms with Crippen LogP contribution in [0.5, 0.6) is 0 Å². The van der Waals surface area contributed by atoms with E-state index in [4.69, 9.17) is 0 Å². The Hall–Kier alpha value is -2.05. The van der Waals surface area contributed by atoms with Crippen LogP contribution in [0.4, 0.5) is 5.13 Å². The molecule has 0 radical (unpaired) electrons. The highest BCUT2D eigenvalue weighted by Crippen LogP contribution is 2.20. The first kappa shape index (κ1) is 13.0. The molecule has 20 heavy (non-hydrogen) atoms. The summed E-state index contributed by atoms with van der Waals surface area (Å²) in [5, 5.41) is 4.82. The number of hydrogen-bond acceptors (Lipinski definition) is 5. The number of rotatable bonds is 2. The van der Waals surface area contributed by atoms with Crippen molar-refractivity contribution in [3.05, 3.63) is 56.4 Å². The quantitative estimate of drug-likeness (QED) is 0.790. The second-order valence-electron chi connectivity index (χ2n) is 4.26. The van der Waals surface area contributed by atoms with Gasteiger partial charge in [-0.2, -0.15) is 0 Å². The van der Waals surface area contributed by atoms with E-state index in [1.165, 1.54) is 11.3 Å². The zero-order valence-corrected chi connectivity index (χ0v) is 12.2. The molecule has 0 atom stereocenters. The molecule has 0 aliphatic heterocycles. The summed E-state index contributed by atoms with van der Waals surface area (Å²) in [4.78, 5) is 28.2. The topological polar surface area (TPSA) is 59.1 Å². The fourth-order valence-electron chi connectivity index (χ4n) is 1.74. The maximum atomic E-state index is 12.1. The SMILES string of the molecule is Cc1ccc(C(=O)Nc2nc3ccsc3c(=O)s2)cc1. The Kier molecular flexibility index (Phi) is 3.33. The maximum absolute atomic E-state index is 12.1. The molecule has 1 N–H and O–H groups in total. The molecule has 0 aliphatic rings. The molecule has 2 aromatic heterocycles. The summed E-state index contributed by atoms with van der Waals surface area (Å²) < 4.78 is 0.549. The lowest BCUT2D eigenvalue weighted by molar-refractivity contribution is 0.102. The molecule has 0 spiro atoms. The number of carbonyl (C=O) groups is 1. The average molecular weight is 302 g/mol. The summed E-state index contributed by atoms with van der Waals surface area (Å²) in [6, 6.07) is 9.00. The third-order valence-corrected chi connectivity index (χ3v) is 4.58. The van der Waals surface area contributed by atoms with E-state index in [0.29, 0.717) is 20.9 Å². The van der Waals surface area contributed by atoms with Gasteiger partial charge in [0.25, 0.3) is 10.6 Å². The number of benzene rings is 1. The van der Waals surface area contributed by atoms with Crippen molar-refractivity contribution in [1.82, 2.24) is 4.98 Å². The lowest BCUT2D eigenvalue weighted by Crippen LogP contribution is -2.13. The van der Waals surface area contributed by atoms with Crippen LogP contribution in [0, 0.1) is 6.92 Å². The van der Waals surface area contributed by atoms with E-state index in [2.05, 4.69) is 10.3 Å². The molecule has 3 rings (SSSR count). The van der Waals surface area contributed by atoms with Crippen LogP contribution >= 0.6 is 22.7 Å². The van der Waals surface area contributed by atoms with Crippen molar-refractivity contribution < 1.29 is 4.79 Å². The molecule has 6 heteroatoms. The molecule has 0 bridgehead atoms. The third-order valence-electron chi connectivity index (χ3n) is 2.78. The second-order valence-corrected chi connectivity index (χ2v) is 6.14. The first-order chi connectivity index (χ1) is 9.63. The van der Waals surface area contributed by atoms with Crippen LogP contribution in [0.1, 0.15) is 15.9 Å². The largest absolute Gasteiger partial charge is 0.298 e. The number of nitrogens with zero attached hydrogens (tertiary/aromatic N) is 1. The number of aryl methyl sites for hydroxylation is 1. The number of aromatic nitrogens is 1. The van der Waals surface area contributed by atoms with Gasteiger partial charge in [0.2, 0.25) is 0 Å². The van der Waals surface area contributed by atoms with Crippen molar-refractivity contribution in [1.29, 1.82) is 0 Å². The highest BCUT2D eigenvalue weighted by Gasteiger charge is 2.10. The van der Waals surface area contributed by atoms with Crippen LogP contribution in [0.15, 0.2) is 40.5 Å². The molecule has 1 aromatic carbocycles. The molecule has 3 aromatic rings. The van der Waals surface area contributed by atoms with E-state index in [0.717, 1.165) is 16.9 Å². The lowest BCUT2D eigenvalue weighted by Gasteiger charge is -2.03. The van der Waals surface area contributed by atoms with Crippen LogP contribution in [-0.2, 0) is 0 Å². The van der Waals surface area contributed by atoms with Crippen molar-refractivity contribution in [2.75, 3.05) is 5.32 Å². The van der Waals surface area contributed by atoms with E-state index >= 15 is 0 Å². The number of carbonyl (C=O) groups excluding carboxylic acids is 1. The summed E-state index contributed by atoms with van der Waals surface area (Å²) in [7, 11) is 0. The summed E-state index contributed by atoms with van der Waals surface area (Å²) >= 11 is 2.31. The molecule has 2 heterocycles.